The van der Waals surface area contributed by atoms with Crippen molar-refractivity contribution in [3.63, 3.8) is 0 Å². The minimum atomic E-state index is -4.48. The molecule has 152 valence electrons. The van der Waals surface area contributed by atoms with Gasteiger partial charge in [-0.25, -0.2) is 0 Å². The number of aromatic nitrogens is 4. The summed E-state index contributed by atoms with van der Waals surface area (Å²) in [5.41, 5.74) is 5.68. The van der Waals surface area contributed by atoms with Crippen LogP contribution in [-0.2, 0) is 19.3 Å². The molecule has 0 aliphatic rings. The second-order valence-corrected chi connectivity index (χ2v) is 6.18. The minimum Gasteiger partial charge on any atom is -0.401 e. The molecule has 1 amide bonds. The third kappa shape index (κ3) is 6.89. The molecule has 0 aromatic carbocycles. The van der Waals surface area contributed by atoms with Crippen molar-refractivity contribution in [2.75, 3.05) is 6.54 Å². The first-order valence-corrected chi connectivity index (χ1v) is 8.61. The van der Waals surface area contributed by atoms with E-state index in [2.05, 4.69) is 25.9 Å². The van der Waals surface area contributed by atoms with Gasteiger partial charge < -0.3 is 16.4 Å². The number of nitrogens with two attached hydrogens (primary N) is 1. The van der Waals surface area contributed by atoms with Gasteiger partial charge in [-0.1, -0.05) is 5.21 Å². The largest absolute Gasteiger partial charge is 0.417 e. The van der Waals surface area contributed by atoms with E-state index in [1.165, 1.54) is 12.4 Å². The van der Waals surface area contributed by atoms with Gasteiger partial charge in [0.1, 0.15) is 0 Å². The van der Waals surface area contributed by atoms with Crippen LogP contribution in [0.15, 0.2) is 36.6 Å². The van der Waals surface area contributed by atoms with Gasteiger partial charge in [-0.2, -0.15) is 13.2 Å². The number of hydrogen-bond donors (Lipinski definition) is 3. The Morgan fingerprint density at radius 2 is 2.11 bits per heavy atom. The van der Waals surface area contributed by atoms with E-state index in [1.807, 2.05) is 0 Å². The SMILES string of the molecule is C/C(N)=C/NCCCCn1cc(C(=O)NCc2cncc(C(F)(F)F)c2)nn1. The maximum atomic E-state index is 12.7. The molecule has 0 fully saturated rings. The third-order valence-electron chi connectivity index (χ3n) is 3.63. The summed E-state index contributed by atoms with van der Waals surface area (Å²) in [5.74, 6) is -0.520. The zero-order chi connectivity index (χ0) is 20.6. The summed E-state index contributed by atoms with van der Waals surface area (Å²) < 4.78 is 39.6. The molecule has 2 rings (SSSR count). The van der Waals surface area contributed by atoms with Crippen LogP contribution in [0.2, 0.25) is 0 Å². The van der Waals surface area contributed by atoms with Crippen LogP contribution in [0.3, 0.4) is 0 Å². The highest BCUT2D eigenvalue weighted by Gasteiger charge is 2.31. The van der Waals surface area contributed by atoms with Crippen molar-refractivity contribution in [1.82, 2.24) is 30.6 Å². The van der Waals surface area contributed by atoms with Crippen molar-refractivity contribution >= 4 is 5.91 Å². The Labute approximate surface area is 160 Å². The number of rotatable bonds is 9. The highest BCUT2D eigenvalue weighted by molar-refractivity contribution is 5.91. The molecule has 2 aromatic heterocycles. The van der Waals surface area contributed by atoms with E-state index in [0.29, 0.717) is 12.2 Å². The molecule has 0 aliphatic carbocycles. The number of pyridine rings is 1. The molecule has 4 N–H and O–H groups in total. The maximum absolute atomic E-state index is 12.7. The lowest BCUT2D eigenvalue weighted by Crippen LogP contribution is -2.23. The maximum Gasteiger partial charge on any atom is 0.417 e. The fourth-order valence-corrected chi connectivity index (χ4v) is 2.26. The number of halogens is 3. The highest BCUT2D eigenvalue weighted by atomic mass is 19.4. The molecule has 28 heavy (non-hydrogen) atoms. The van der Waals surface area contributed by atoms with E-state index in [9.17, 15) is 18.0 Å². The molecular formula is C17H22F3N7O. The number of nitrogens with zero attached hydrogens (tertiary/aromatic N) is 4. The average Bonchev–Trinajstić information content (AvgIpc) is 3.11. The first kappa shape index (κ1) is 21.2. The number of unbranched alkanes of at least 4 members (excludes halogenated alkanes) is 1. The van der Waals surface area contributed by atoms with E-state index < -0.39 is 17.6 Å². The second kappa shape index (κ2) is 9.72. The molecule has 0 saturated carbocycles. The third-order valence-corrected chi connectivity index (χ3v) is 3.63. The Bertz CT molecular complexity index is 813. The van der Waals surface area contributed by atoms with Crippen molar-refractivity contribution in [1.29, 1.82) is 0 Å². The number of aryl methyl sites for hydroxylation is 1. The predicted molar refractivity (Wildman–Crippen MR) is 95.6 cm³/mol. The first-order valence-electron chi connectivity index (χ1n) is 8.61. The highest BCUT2D eigenvalue weighted by Crippen LogP contribution is 2.28. The van der Waals surface area contributed by atoms with Gasteiger partial charge in [-0.05, 0) is 31.4 Å². The molecule has 0 unspecified atom stereocenters. The van der Waals surface area contributed by atoms with Gasteiger partial charge in [0.2, 0.25) is 0 Å². The van der Waals surface area contributed by atoms with Crippen LogP contribution < -0.4 is 16.4 Å². The standard InChI is InChI=1S/C17H22F3N7O/c1-12(21)7-22-4-2-3-5-27-11-15(25-26-27)16(28)24-9-13-6-14(10-23-8-13)17(18,19)20/h6-8,10-11,22H,2-5,9,21H2,1H3,(H,24,28)/b12-7-. The summed E-state index contributed by atoms with van der Waals surface area (Å²) >= 11 is 0. The Balaban J connectivity index is 1.79. The molecular weight excluding hydrogens is 375 g/mol. The van der Waals surface area contributed by atoms with Crippen LogP contribution in [-0.4, -0.2) is 32.4 Å². The van der Waals surface area contributed by atoms with Crippen LogP contribution >= 0.6 is 0 Å². The summed E-state index contributed by atoms with van der Waals surface area (Å²) in [6.45, 7) is 3.05. The fraction of sp³-hybridized carbons (Fsp3) is 0.412. The van der Waals surface area contributed by atoms with Gasteiger partial charge in [-0.15, -0.1) is 5.10 Å². The second-order valence-electron chi connectivity index (χ2n) is 6.18. The van der Waals surface area contributed by atoms with Crippen LogP contribution in [0.1, 0.15) is 41.4 Å². The number of carbonyl (C=O) groups excluding carboxylic acids is 1. The Morgan fingerprint density at radius 3 is 2.82 bits per heavy atom. The fourth-order valence-electron chi connectivity index (χ4n) is 2.26. The average molecular weight is 397 g/mol. The predicted octanol–water partition coefficient (Wildman–Crippen LogP) is 1.81. The van der Waals surface area contributed by atoms with Gasteiger partial charge >= 0.3 is 6.18 Å². The lowest BCUT2D eigenvalue weighted by molar-refractivity contribution is -0.137. The molecule has 2 aromatic rings. The first-order chi connectivity index (χ1) is 13.3. The topological polar surface area (TPSA) is 111 Å². The molecule has 11 heteroatoms. The molecule has 0 saturated heterocycles. The lowest BCUT2D eigenvalue weighted by Gasteiger charge is -2.08. The zero-order valence-corrected chi connectivity index (χ0v) is 15.3. The lowest BCUT2D eigenvalue weighted by atomic mass is 10.2. The minimum absolute atomic E-state index is 0.0949. The van der Waals surface area contributed by atoms with Gasteiger partial charge in [0.05, 0.1) is 11.8 Å². The smallest absolute Gasteiger partial charge is 0.401 e. The van der Waals surface area contributed by atoms with Gasteiger partial charge in [0.25, 0.3) is 5.91 Å². The van der Waals surface area contributed by atoms with Crippen molar-refractivity contribution in [2.45, 2.75) is 39.0 Å². The molecule has 0 atom stereocenters. The molecule has 0 bridgehead atoms. The molecule has 0 radical (unpaired) electrons. The van der Waals surface area contributed by atoms with Crippen molar-refractivity contribution in [3.8, 4) is 0 Å². The van der Waals surface area contributed by atoms with Crippen LogP contribution in [0, 0.1) is 0 Å². The van der Waals surface area contributed by atoms with Crippen LogP contribution in [0.5, 0.6) is 0 Å². The molecule has 0 spiro atoms. The zero-order valence-electron chi connectivity index (χ0n) is 15.3. The molecule has 2 heterocycles. The van der Waals surface area contributed by atoms with E-state index in [-0.39, 0.29) is 17.8 Å². The Hall–Kier alpha value is -3.11. The van der Waals surface area contributed by atoms with Crippen molar-refractivity contribution in [3.05, 3.63) is 53.4 Å². The molecule has 0 aliphatic heterocycles. The van der Waals surface area contributed by atoms with Gasteiger partial charge in [0, 0.05) is 43.9 Å². The van der Waals surface area contributed by atoms with Crippen LogP contribution in [0.25, 0.3) is 0 Å². The van der Waals surface area contributed by atoms with Crippen molar-refractivity contribution in [2.24, 2.45) is 5.73 Å². The Kier molecular flexibility index (Phi) is 7.36. The normalized spacial score (nSPS) is 12.1. The summed E-state index contributed by atoms with van der Waals surface area (Å²) in [7, 11) is 0. The van der Waals surface area contributed by atoms with E-state index in [1.54, 1.807) is 17.8 Å². The van der Waals surface area contributed by atoms with E-state index in [0.717, 1.165) is 31.6 Å². The number of allylic oxidation sites excluding steroid dienone is 1. The van der Waals surface area contributed by atoms with Gasteiger partial charge in [-0.3, -0.25) is 14.5 Å². The number of alkyl halides is 3. The summed E-state index contributed by atoms with van der Waals surface area (Å²) in [6, 6.07) is 0.944. The number of hydrogen-bond acceptors (Lipinski definition) is 6. The summed E-state index contributed by atoms with van der Waals surface area (Å²) in [5, 5.41) is 13.2. The van der Waals surface area contributed by atoms with E-state index in [4.69, 9.17) is 5.73 Å². The number of nitrogens with one attached hydrogen (secondary N) is 2. The molecule has 8 nitrogen and oxygen atoms in total. The Morgan fingerprint density at radius 1 is 1.32 bits per heavy atom. The van der Waals surface area contributed by atoms with E-state index >= 15 is 0 Å². The van der Waals surface area contributed by atoms with Gasteiger partial charge in [0.15, 0.2) is 5.69 Å². The summed E-state index contributed by atoms with van der Waals surface area (Å²) in [4.78, 5) is 15.6. The summed E-state index contributed by atoms with van der Waals surface area (Å²) in [6.07, 6.45) is 2.46. The number of amides is 1. The van der Waals surface area contributed by atoms with Crippen LogP contribution in [0.4, 0.5) is 13.2 Å². The monoisotopic (exact) mass is 397 g/mol. The quantitative estimate of drug-likeness (QED) is 0.557. The van der Waals surface area contributed by atoms with Crippen molar-refractivity contribution < 1.29 is 18.0 Å². The number of carbonyl (C=O) groups is 1.